The standard InChI is InChI=1S/C27H22ClN3O/c1-18-6-5-7-20(12-18)16-31-17-22(24-8-3-4-9-26(24)31)13-21(15-29)27(32)30-23-11-10-19(2)25(28)14-23/h3-14,17H,16H2,1-2H3,(H,30,32)/b21-13+. The minimum atomic E-state index is -0.470. The molecule has 0 aliphatic heterocycles. The average molecular weight is 440 g/mol. The normalized spacial score (nSPS) is 11.4. The number of anilines is 1. The first kappa shape index (κ1) is 21.4. The van der Waals surface area contributed by atoms with Gasteiger partial charge in [0, 0.05) is 39.9 Å². The number of aromatic nitrogens is 1. The van der Waals surface area contributed by atoms with Crippen LogP contribution in [0.15, 0.2) is 78.5 Å². The van der Waals surface area contributed by atoms with E-state index < -0.39 is 5.91 Å². The second-order valence-electron chi connectivity index (χ2n) is 7.81. The van der Waals surface area contributed by atoms with Crippen LogP contribution < -0.4 is 5.32 Å². The predicted octanol–water partition coefficient (Wildman–Crippen LogP) is 6.51. The number of nitrogens with one attached hydrogen (secondary N) is 1. The molecule has 0 fully saturated rings. The van der Waals surface area contributed by atoms with Gasteiger partial charge in [-0.3, -0.25) is 4.79 Å². The Bertz CT molecular complexity index is 1390. The Morgan fingerprint density at radius 1 is 1.09 bits per heavy atom. The maximum Gasteiger partial charge on any atom is 0.266 e. The van der Waals surface area contributed by atoms with Crippen molar-refractivity contribution in [2.24, 2.45) is 0 Å². The second kappa shape index (κ2) is 9.13. The zero-order valence-electron chi connectivity index (χ0n) is 17.9. The lowest BCUT2D eigenvalue weighted by molar-refractivity contribution is -0.112. The molecule has 0 spiro atoms. The average Bonchev–Trinajstić information content (AvgIpc) is 3.12. The molecular weight excluding hydrogens is 418 g/mol. The fraction of sp³-hybridized carbons (Fsp3) is 0.111. The first-order valence-corrected chi connectivity index (χ1v) is 10.6. The summed E-state index contributed by atoms with van der Waals surface area (Å²) in [5.41, 5.74) is 5.76. The van der Waals surface area contributed by atoms with E-state index in [4.69, 9.17) is 11.6 Å². The van der Waals surface area contributed by atoms with Crippen molar-refractivity contribution in [1.29, 1.82) is 5.26 Å². The lowest BCUT2D eigenvalue weighted by atomic mass is 10.1. The Morgan fingerprint density at radius 3 is 2.66 bits per heavy atom. The van der Waals surface area contributed by atoms with Gasteiger partial charge in [0.05, 0.1) is 0 Å². The lowest BCUT2D eigenvalue weighted by Crippen LogP contribution is -2.13. The predicted molar refractivity (Wildman–Crippen MR) is 131 cm³/mol. The van der Waals surface area contributed by atoms with Crippen LogP contribution in [0.4, 0.5) is 5.69 Å². The molecule has 0 saturated heterocycles. The van der Waals surface area contributed by atoms with Gasteiger partial charge in [0.15, 0.2) is 0 Å². The molecule has 3 aromatic carbocycles. The van der Waals surface area contributed by atoms with Gasteiger partial charge in [0.25, 0.3) is 5.91 Å². The van der Waals surface area contributed by atoms with E-state index in [9.17, 15) is 10.1 Å². The molecule has 1 amide bonds. The Balaban J connectivity index is 1.67. The third-order valence-corrected chi connectivity index (χ3v) is 5.76. The molecule has 5 heteroatoms. The van der Waals surface area contributed by atoms with E-state index in [-0.39, 0.29) is 5.57 Å². The Kier molecular flexibility index (Phi) is 6.11. The number of carbonyl (C=O) groups excluding carboxylic acids is 1. The highest BCUT2D eigenvalue weighted by molar-refractivity contribution is 6.31. The van der Waals surface area contributed by atoms with Crippen molar-refractivity contribution in [1.82, 2.24) is 4.57 Å². The molecule has 0 unspecified atom stereocenters. The van der Waals surface area contributed by atoms with Crippen LogP contribution in [0.25, 0.3) is 17.0 Å². The molecule has 4 aromatic rings. The zero-order chi connectivity index (χ0) is 22.7. The molecule has 0 radical (unpaired) electrons. The Labute approximate surface area is 192 Å². The molecule has 4 nitrogen and oxygen atoms in total. The monoisotopic (exact) mass is 439 g/mol. The number of hydrogen-bond donors (Lipinski definition) is 1. The van der Waals surface area contributed by atoms with Gasteiger partial charge in [-0.05, 0) is 49.2 Å². The first-order chi connectivity index (χ1) is 15.4. The van der Waals surface area contributed by atoms with Gasteiger partial charge in [-0.25, -0.2) is 0 Å². The maximum atomic E-state index is 12.8. The van der Waals surface area contributed by atoms with Gasteiger partial charge in [-0.1, -0.05) is 65.7 Å². The summed E-state index contributed by atoms with van der Waals surface area (Å²) in [5.74, 6) is -0.470. The highest BCUT2D eigenvalue weighted by Crippen LogP contribution is 2.25. The van der Waals surface area contributed by atoms with Gasteiger partial charge in [-0.2, -0.15) is 5.26 Å². The summed E-state index contributed by atoms with van der Waals surface area (Å²) in [6.45, 7) is 4.66. The molecular formula is C27H22ClN3O. The van der Waals surface area contributed by atoms with Crippen molar-refractivity contribution in [3.63, 3.8) is 0 Å². The molecule has 1 heterocycles. The Morgan fingerprint density at radius 2 is 1.91 bits per heavy atom. The third-order valence-electron chi connectivity index (χ3n) is 5.35. The molecule has 1 N–H and O–H groups in total. The summed E-state index contributed by atoms with van der Waals surface area (Å²) in [5, 5.41) is 14.0. The number of nitrogens with zero attached hydrogens (tertiary/aromatic N) is 2. The first-order valence-electron chi connectivity index (χ1n) is 10.3. The maximum absolute atomic E-state index is 12.8. The number of para-hydroxylation sites is 1. The number of aryl methyl sites for hydroxylation is 2. The minimum absolute atomic E-state index is 0.0279. The number of amides is 1. The molecule has 4 rings (SSSR count). The van der Waals surface area contributed by atoms with Gasteiger partial charge in [0.1, 0.15) is 11.6 Å². The number of fused-ring (bicyclic) bond motifs is 1. The van der Waals surface area contributed by atoms with Crippen molar-refractivity contribution < 1.29 is 4.79 Å². The van der Waals surface area contributed by atoms with Gasteiger partial charge in [-0.15, -0.1) is 0 Å². The summed E-state index contributed by atoms with van der Waals surface area (Å²) in [7, 11) is 0. The molecule has 0 saturated carbocycles. The van der Waals surface area contributed by atoms with Crippen LogP contribution in [0.5, 0.6) is 0 Å². The smallest absolute Gasteiger partial charge is 0.266 e. The third kappa shape index (κ3) is 4.59. The van der Waals surface area contributed by atoms with Crippen LogP contribution in [0.3, 0.4) is 0 Å². The van der Waals surface area contributed by atoms with Crippen LogP contribution in [-0.2, 0) is 11.3 Å². The highest BCUT2D eigenvalue weighted by atomic mass is 35.5. The summed E-state index contributed by atoms with van der Waals surface area (Å²) < 4.78 is 2.14. The van der Waals surface area contributed by atoms with Crippen LogP contribution in [-0.4, -0.2) is 10.5 Å². The minimum Gasteiger partial charge on any atom is -0.342 e. The quantitative estimate of drug-likeness (QED) is 0.285. The number of benzene rings is 3. The molecule has 158 valence electrons. The molecule has 32 heavy (non-hydrogen) atoms. The Hall–Kier alpha value is -3.81. The molecule has 0 aliphatic rings. The van der Waals surface area contributed by atoms with Crippen molar-refractivity contribution in [2.45, 2.75) is 20.4 Å². The second-order valence-corrected chi connectivity index (χ2v) is 8.21. The number of halogens is 1. The van der Waals surface area contributed by atoms with Gasteiger partial charge >= 0.3 is 0 Å². The van der Waals surface area contributed by atoms with E-state index in [1.807, 2.05) is 55.6 Å². The van der Waals surface area contributed by atoms with E-state index in [1.54, 1.807) is 18.2 Å². The molecule has 0 bridgehead atoms. The van der Waals surface area contributed by atoms with Gasteiger partial charge in [0.2, 0.25) is 0 Å². The van der Waals surface area contributed by atoms with Crippen molar-refractivity contribution in [3.05, 3.63) is 106 Å². The zero-order valence-corrected chi connectivity index (χ0v) is 18.6. The van der Waals surface area contributed by atoms with Gasteiger partial charge < -0.3 is 9.88 Å². The summed E-state index contributed by atoms with van der Waals surface area (Å²) in [4.78, 5) is 12.8. The van der Waals surface area contributed by atoms with Crippen LogP contribution >= 0.6 is 11.6 Å². The SMILES string of the molecule is Cc1cccc(Cn2cc(/C=C(\C#N)C(=O)Nc3ccc(C)c(Cl)c3)c3ccccc32)c1. The van der Waals surface area contributed by atoms with Crippen LogP contribution in [0, 0.1) is 25.2 Å². The van der Waals surface area contributed by atoms with E-state index in [2.05, 4.69) is 35.0 Å². The fourth-order valence-corrected chi connectivity index (χ4v) is 3.88. The van der Waals surface area contributed by atoms with E-state index in [1.165, 1.54) is 11.1 Å². The molecule has 0 atom stereocenters. The number of rotatable bonds is 5. The number of nitriles is 1. The topological polar surface area (TPSA) is 57.8 Å². The largest absolute Gasteiger partial charge is 0.342 e. The van der Waals surface area contributed by atoms with Crippen molar-refractivity contribution in [3.8, 4) is 6.07 Å². The van der Waals surface area contributed by atoms with Crippen molar-refractivity contribution >= 4 is 40.2 Å². The van der Waals surface area contributed by atoms with Crippen LogP contribution in [0.1, 0.15) is 22.3 Å². The number of carbonyl (C=O) groups is 1. The van der Waals surface area contributed by atoms with Crippen molar-refractivity contribution in [2.75, 3.05) is 5.32 Å². The highest BCUT2D eigenvalue weighted by Gasteiger charge is 2.13. The summed E-state index contributed by atoms with van der Waals surface area (Å²) in [6.07, 6.45) is 3.63. The number of hydrogen-bond acceptors (Lipinski definition) is 2. The lowest BCUT2D eigenvalue weighted by Gasteiger charge is -2.06. The van der Waals surface area contributed by atoms with E-state index in [0.29, 0.717) is 17.3 Å². The van der Waals surface area contributed by atoms with Crippen LogP contribution in [0.2, 0.25) is 5.02 Å². The molecule has 1 aromatic heterocycles. The fourth-order valence-electron chi connectivity index (χ4n) is 3.70. The summed E-state index contributed by atoms with van der Waals surface area (Å²) >= 11 is 6.15. The van der Waals surface area contributed by atoms with E-state index >= 15 is 0 Å². The summed E-state index contributed by atoms with van der Waals surface area (Å²) in [6, 6.07) is 23.7. The van der Waals surface area contributed by atoms with E-state index in [0.717, 1.165) is 22.0 Å². The molecule has 0 aliphatic carbocycles.